The third-order valence-electron chi connectivity index (χ3n) is 5.66. The Kier molecular flexibility index (Phi) is 7.56. The van der Waals surface area contributed by atoms with E-state index in [4.69, 9.17) is 9.47 Å². The molecule has 2 aromatic rings. The van der Waals surface area contributed by atoms with Gasteiger partial charge >= 0.3 is 0 Å². The second-order valence-corrected chi connectivity index (χ2v) is 9.53. The van der Waals surface area contributed by atoms with Crippen molar-refractivity contribution in [1.82, 2.24) is 9.62 Å². The number of carbonyl (C=O) groups is 1. The van der Waals surface area contributed by atoms with Gasteiger partial charge < -0.3 is 14.4 Å². The average molecular weight is 447 g/mol. The normalized spacial score (nSPS) is 16.0. The molecular formula is C23H30N2O5S. The Balaban J connectivity index is 1.58. The van der Waals surface area contributed by atoms with Crippen LogP contribution in [-0.4, -0.2) is 52.6 Å². The highest BCUT2D eigenvalue weighted by Crippen LogP contribution is 2.29. The summed E-state index contributed by atoms with van der Waals surface area (Å²) in [6, 6.07) is 13.8. The molecule has 1 fully saturated rings. The molecule has 8 heteroatoms. The predicted octanol–water partition coefficient (Wildman–Crippen LogP) is 2.85. The number of methoxy groups -OCH3 is 2. The summed E-state index contributed by atoms with van der Waals surface area (Å²) in [5.74, 6) is 1.07. The van der Waals surface area contributed by atoms with E-state index in [-0.39, 0.29) is 10.8 Å². The van der Waals surface area contributed by atoms with E-state index in [2.05, 4.69) is 16.9 Å². The summed E-state index contributed by atoms with van der Waals surface area (Å²) in [5, 5.41) is 0. The van der Waals surface area contributed by atoms with E-state index in [1.807, 2.05) is 18.2 Å². The minimum atomic E-state index is -3.89. The molecule has 31 heavy (non-hydrogen) atoms. The third kappa shape index (κ3) is 5.77. The monoisotopic (exact) mass is 446 g/mol. The summed E-state index contributed by atoms with van der Waals surface area (Å²) in [7, 11) is -0.965. The first-order valence-corrected chi connectivity index (χ1v) is 11.9. The van der Waals surface area contributed by atoms with Crippen LogP contribution in [0.1, 0.15) is 25.3 Å². The SMILES string of the molecule is COc1ccc(S(=O)(=O)N[C@@H](C)C(=O)N2CCC(Cc3ccccc3)CC2)cc1OC. The summed E-state index contributed by atoms with van der Waals surface area (Å²) in [4.78, 5) is 14.6. The predicted molar refractivity (Wildman–Crippen MR) is 119 cm³/mol. The van der Waals surface area contributed by atoms with Crippen LogP contribution in [0.3, 0.4) is 0 Å². The zero-order valence-corrected chi connectivity index (χ0v) is 19.0. The van der Waals surface area contributed by atoms with Gasteiger partial charge in [-0.25, -0.2) is 8.42 Å². The van der Waals surface area contributed by atoms with E-state index in [9.17, 15) is 13.2 Å². The molecule has 1 atom stereocenters. The molecule has 1 heterocycles. The van der Waals surface area contributed by atoms with Crippen LogP contribution in [0.2, 0.25) is 0 Å². The van der Waals surface area contributed by atoms with Crippen molar-refractivity contribution in [2.24, 2.45) is 5.92 Å². The van der Waals surface area contributed by atoms with Crippen molar-refractivity contribution in [2.75, 3.05) is 27.3 Å². The number of ether oxygens (including phenoxy) is 2. The van der Waals surface area contributed by atoms with Crippen LogP contribution in [0.25, 0.3) is 0 Å². The van der Waals surface area contributed by atoms with Gasteiger partial charge in [-0.15, -0.1) is 0 Å². The van der Waals surface area contributed by atoms with Gasteiger partial charge in [0, 0.05) is 19.2 Å². The summed E-state index contributed by atoms with van der Waals surface area (Å²) in [5.41, 5.74) is 1.31. The molecule has 1 saturated heterocycles. The lowest BCUT2D eigenvalue weighted by Gasteiger charge is -2.33. The number of carbonyl (C=O) groups excluding carboxylic acids is 1. The fourth-order valence-electron chi connectivity index (χ4n) is 3.91. The van der Waals surface area contributed by atoms with Gasteiger partial charge in [-0.2, -0.15) is 4.72 Å². The molecule has 0 aromatic heterocycles. The van der Waals surface area contributed by atoms with Crippen molar-refractivity contribution in [3.63, 3.8) is 0 Å². The highest BCUT2D eigenvalue weighted by Gasteiger charge is 2.29. The number of nitrogens with zero attached hydrogens (tertiary/aromatic N) is 1. The van der Waals surface area contributed by atoms with Gasteiger partial charge in [0.25, 0.3) is 0 Å². The Morgan fingerprint density at radius 3 is 2.32 bits per heavy atom. The van der Waals surface area contributed by atoms with Crippen LogP contribution in [0.15, 0.2) is 53.4 Å². The second kappa shape index (κ2) is 10.2. The number of likely N-dealkylation sites (tertiary alicyclic amines) is 1. The standard InChI is InChI=1S/C23H30N2O5S/c1-17(24-31(27,28)20-9-10-21(29-2)22(16-20)30-3)23(26)25-13-11-19(12-14-25)15-18-7-5-4-6-8-18/h4-10,16-17,19,24H,11-15H2,1-3H3/t17-/m0/s1. The second-order valence-electron chi connectivity index (χ2n) is 7.82. The van der Waals surface area contributed by atoms with Gasteiger partial charge in [-0.05, 0) is 49.8 Å². The van der Waals surface area contributed by atoms with Crippen molar-refractivity contribution in [3.8, 4) is 11.5 Å². The maximum Gasteiger partial charge on any atom is 0.241 e. The fourth-order valence-corrected chi connectivity index (χ4v) is 5.13. The van der Waals surface area contributed by atoms with Gasteiger partial charge in [0.2, 0.25) is 15.9 Å². The molecule has 1 aliphatic heterocycles. The lowest BCUT2D eigenvalue weighted by molar-refractivity contribution is -0.133. The molecule has 1 aliphatic rings. The minimum absolute atomic E-state index is 0.0198. The maximum atomic E-state index is 12.8. The fraction of sp³-hybridized carbons (Fsp3) is 0.435. The topological polar surface area (TPSA) is 84.9 Å². The summed E-state index contributed by atoms with van der Waals surface area (Å²) in [6.45, 7) is 2.86. The quantitative estimate of drug-likeness (QED) is 0.674. The van der Waals surface area contributed by atoms with E-state index in [1.165, 1.54) is 38.0 Å². The first-order valence-electron chi connectivity index (χ1n) is 10.4. The Bertz CT molecular complexity index is 986. The molecule has 7 nitrogen and oxygen atoms in total. The molecule has 2 aromatic carbocycles. The molecule has 0 unspecified atom stereocenters. The smallest absolute Gasteiger partial charge is 0.241 e. The highest BCUT2D eigenvalue weighted by molar-refractivity contribution is 7.89. The van der Waals surface area contributed by atoms with Crippen LogP contribution >= 0.6 is 0 Å². The largest absolute Gasteiger partial charge is 0.493 e. The molecule has 3 rings (SSSR count). The number of sulfonamides is 1. The first kappa shape index (κ1) is 23.1. The number of rotatable bonds is 8. The molecule has 1 amide bonds. The van der Waals surface area contributed by atoms with Crippen LogP contribution in [0, 0.1) is 5.92 Å². The van der Waals surface area contributed by atoms with Crippen LogP contribution in [0.4, 0.5) is 0 Å². The minimum Gasteiger partial charge on any atom is -0.493 e. The Morgan fingerprint density at radius 2 is 1.71 bits per heavy atom. The number of hydrogen-bond acceptors (Lipinski definition) is 5. The van der Waals surface area contributed by atoms with E-state index < -0.39 is 16.1 Å². The zero-order chi connectivity index (χ0) is 22.4. The Hall–Kier alpha value is -2.58. The van der Waals surface area contributed by atoms with Crippen molar-refractivity contribution >= 4 is 15.9 Å². The molecule has 0 bridgehead atoms. The highest BCUT2D eigenvalue weighted by atomic mass is 32.2. The van der Waals surface area contributed by atoms with Crippen LogP contribution < -0.4 is 14.2 Å². The molecule has 0 aliphatic carbocycles. The van der Waals surface area contributed by atoms with Crippen molar-refractivity contribution in [2.45, 2.75) is 37.1 Å². The Morgan fingerprint density at radius 1 is 1.06 bits per heavy atom. The summed E-state index contributed by atoms with van der Waals surface area (Å²) in [6.07, 6.45) is 2.83. The lowest BCUT2D eigenvalue weighted by Crippen LogP contribution is -2.49. The number of benzene rings is 2. The molecular weight excluding hydrogens is 416 g/mol. The van der Waals surface area contributed by atoms with Crippen molar-refractivity contribution < 1.29 is 22.7 Å². The first-order chi connectivity index (χ1) is 14.8. The van der Waals surface area contributed by atoms with Gasteiger partial charge in [-0.3, -0.25) is 4.79 Å². The van der Waals surface area contributed by atoms with Crippen LogP contribution in [0.5, 0.6) is 11.5 Å². The number of hydrogen-bond donors (Lipinski definition) is 1. The number of amides is 1. The van der Waals surface area contributed by atoms with Crippen molar-refractivity contribution in [1.29, 1.82) is 0 Å². The van der Waals surface area contributed by atoms with E-state index in [0.29, 0.717) is 30.5 Å². The number of nitrogens with one attached hydrogen (secondary N) is 1. The van der Waals surface area contributed by atoms with E-state index in [1.54, 1.807) is 11.8 Å². The summed E-state index contributed by atoms with van der Waals surface area (Å²) < 4.78 is 38.4. The van der Waals surface area contributed by atoms with Gasteiger partial charge in [0.15, 0.2) is 11.5 Å². The molecule has 0 saturated carbocycles. The Labute approximate surface area is 184 Å². The average Bonchev–Trinajstić information content (AvgIpc) is 2.79. The lowest BCUT2D eigenvalue weighted by atomic mass is 9.90. The third-order valence-corrected chi connectivity index (χ3v) is 7.20. The van der Waals surface area contributed by atoms with Crippen LogP contribution in [-0.2, 0) is 21.2 Å². The molecule has 0 radical (unpaired) electrons. The van der Waals surface area contributed by atoms with Gasteiger partial charge in [0.05, 0.1) is 25.2 Å². The zero-order valence-electron chi connectivity index (χ0n) is 18.2. The molecule has 1 N–H and O–H groups in total. The van der Waals surface area contributed by atoms with E-state index in [0.717, 1.165) is 19.3 Å². The molecule has 168 valence electrons. The maximum absolute atomic E-state index is 12.8. The number of piperidine rings is 1. The summed E-state index contributed by atoms with van der Waals surface area (Å²) >= 11 is 0. The molecule has 0 spiro atoms. The van der Waals surface area contributed by atoms with Crippen molar-refractivity contribution in [3.05, 3.63) is 54.1 Å². The van der Waals surface area contributed by atoms with Gasteiger partial charge in [0.1, 0.15) is 0 Å². The van der Waals surface area contributed by atoms with Gasteiger partial charge in [-0.1, -0.05) is 30.3 Å². The van der Waals surface area contributed by atoms with E-state index >= 15 is 0 Å².